The van der Waals surface area contributed by atoms with Crippen molar-refractivity contribution in [1.29, 1.82) is 0 Å². The average Bonchev–Trinajstić information content (AvgIpc) is 3.67. The number of benzene rings is 2. The van der Waals surface area contributed by atoms with Gasteiger partial charge in [-0.1, -0.05) is 6.07 Å². The van der Waals surface area contributed by atoms with Crippen molar-refractivity contribution in [2.45, 2.75) is 25.7 Å². The maximum atomic E-state index is 13.6. The molecule has 1 amide bonds. The first-order chi connectivity index (χ1) is 17.0. The van der Waals surface area contributed by atoms with E-state index in [1.807, 2.05) is 6.92 Å². The summed E-state index contributed by atoms with van der Waals surface area (Å²) >= 11 is 0. The zero-order valence-electron chi connectivity index (χ0n) is 19.3. The number of hydrogen-bond acceptors (Lipinski definition) is 5. The number of hydrogen-bond donors (Lipinski definition) is 0. The van der Waals surface area contributed by atoms with Gasteiger partial charge in [-0.05, 0) is 62.2 Å². The van der Waals surface area contributed by atoms with Gasteiger partial charge in [0.1, 0.15) is 23.3 Å². The van der Waals surface area contributed by atoms with Crippen LogP contribution in [0.1, 0.15) is 40.6 Å². The molecule has 2 aliphatic rings. The zero-order chi connectivity index (χ0) is 24.1. The molecule has 6 rings (SSSR count). The molecular formula is C26H24F2N6O. The lowest BCUT2D eigenvalue weighted by Gasteiger charge is -2.35. The number of carbonyl (C=O) groups excluding carboxylic acids is 1. The van der Waals surface area contributed by atoms with Crippen molar-refractivity contribution < 1.29 is 13.6 Å². The van der Waals surface area contributed by atoms with Crippen molar-refractivity contribution in [2.24, 2.45) is 0 Å². The van der Waals surface area contributed by atoms with Gasteiger partial charge < -0.3 is 9.80 Å². The van der Waals surface area contributed by atoms with E-state index < -0.39 is 5.82 Å². The third kappa shape index (κ3) is 4.00. The Morgan fingerprint density at radius 3 is 2.37 bits per heavy atom. The average molecular weight is 475 g/mol. The topological polar surface area (TPSA) is 67.2 Å². The lowest BCUT2D eigenvalue weighted by Crippen LogP contribution is -2.49. The molecule has 0 radical (unpaired) electrons. The summed E-state index contributed by atoms with van der Waals surface area (Å²) in [6, 6.07) is 12.0. The summed E-state index contributed by atoms with van der Waals surface area (Å²) in [6.45, 7) is 4.13. The Morgan fingerprint density at radius 1 is 0.943 bits per heavy atom. The third-order valence-electron chi connectivity index (χ3n) is 6.65. The summed E-state index contributed by atoms with van der Waals surface area (Å²) < 4.78 is 28.9. The molecule has 2 aromatic heterocycles. The van der Waals surface area contributed by atoms with E-state index in [0.29, 0.717) is 43.3 Å². The molecule has 0 bridgehead atoms. The largest absolute Gasteiger partial charge is 0.352 e. The van der Waals surface area contributed by atoms with Crippen LogP contribution in [0.3, 0.4) is 0 Å². The van der Waals surface area contributed by atoms with Gasteiger partial charge >= 0.3 is 0 Å². The van der Waals surface area contributed by atoms with Gasteiger partial charge in [0.15, 0.2) is 5.65 Å². The van der Waals surface area contributed by atoms with E-state index in [1.165, 1.54) is 24.3 Å². The Hall–Kier alpha value is -3.88. The van der Waals surface area contributed by atoms with Crippen LogP contribution < -0.4 is 4.90 Å². The van der Waals surface area contributed by atoms with Crippen molar-refractivity contribution in [2.75, 3.05) is 31.1 Å². The van der Waals surface area contributed by atoms with Crippen LogP contribution in [-0.4, -0.2) is 56.7 Å². The highest BCUT2D eigenvalue weighted by Crippen LogP contribution is 2.40. The van der Waals surface area contributed by atoms with Crippen LogP contribution in [-0.2, 0) is 0 Å². The smallest absolute Gasteiger partial charge is 0.254 e. The quantitative estimate of drug-likeness (QED) is 0.443. The van der Waals surface area contributed by atoms with Crippen LogP contribution in [0.25, 0.3) is 16.7 Å². The Kier molecular flexibility index (Phi) is 5.20. The summed E-state index contributed by atoms with van der Waals surface area (Å²) in [5.41, 5.74) is 2.59. The zero-order valence-corrected chi connectivity index (χ0v) is 19.3. The van der Waals surface area contributed by atoms with Crippen LogP contribution in [0, 0.1) is 18.6 Å². The highest BCUT2D eigenvalue weighted by Gasteiger charge is 2.31. The maximum Gasteiger partial charge on any atom is 0.254 e. The fraction of sp³-hybridized carbons (Fsp3) is 0.308. The van der Waals surface area contributed by atoms with E-state index in [9.17, 15) is 13.6 Å². The highest BCUT2D eigenvalue weighted by molar-refractivity contribution is 5.95. The second-order valence-corrected chi connectivity index (χ2v) is 9.14. The van der Waals surface area contributed by atoms with Gasteiger partial charge in [-0.15, -0.1) is 0 Å². The number of amides is 1. The molecule has 3 heterocycles. The summed E-state index contributed by atoms with van der Waals surface area (Å²) in [7, 11) is 0. The molecule has 2 aromatic carbocycles. The van der Waals surface area contributed by atoms with E-state index in [4.69, 9.17) is 15.1 Å². The Balaban J connectivity index is 1.33. The van der Waals surface area contributed by atoms with Crippen molar-refractivity contribution in [1.82, 2.24) is 24.6 Å². The number of anilines is 1. The number of fused-ring (bicyclic) bond motifs is 1. The predicted octanol–water partition coefficient (Wildman–Crippen LogP) is 4.24. The first kappa shape index (κ1) is 21.6. The monoisotopic (exact) mass is 474 g/mol. The van der Waals surface area contributed by atoms with Gasteiger partial charge in [0, 0.05) is 37.7 Å². The van der Waals surface area contributed by atoms with Crippen molar-refractivity contribution in [3.05, 3.63) is 77.2 Å². The van der Waals surface area contributed by atoms with Gasteiger partial charge in [0.05, 0.1) is 16.8 Å². The van der Waals surface area contributed by atoms with Crippen LogP contribution >= 0.6 is 0 Å². The van der Waals surface area contributed by atoms with Gasteiger partial charge in [0.2, 0.25) is 0 Å². The second-order valence-electron chi connectivity index (χ2n) is 9.14. The molecule has 0 N–H and O–H groups in total. The van der Waals surface area contributed by atoms with Crippen LogP contribution in [0.5, 0.6) is 0 Å². The summed E-state index contributed by atoms with van der Waals surface area (Å²) in [5, 5.41) is 5.59. The Bertz CT molecular complexity index is 1420. The van der Waals surface area contributed by atoms with Crippen molar-refractivity contribution >= 4 is 22.8 Å². The lowest BCUT2D eigenvalue weighted by molar-refractivity contribution is 0.0746. The number of carbonyl (C=O) groups is 1. The maximum absolute atomic E-state index is 13.6. The summed E-state index contributed by atoms with van der Waals surface area (Å²) in [4.78, 5) is 26.6. The molecule has 1 saturated heterocycles. The highest BCUT2D eigenvalue weighted by atomic mass is 19.1. The van der Waals surface area contributed by atoms with E-state index in [1.54, 1.807) is 33.8 Å². The molecule has 0 atom stereocenters. The first-order valence-electron chi connectivity index (χ1n) is 11.8. The minimum Gasteiger partial charge on any atom is -0.352 e. The van der Waals surface area contributed by atoms with E-state index in [0.717, 1.165) is 41.3 Å². The van der Waals surface area contributed by atoms with Crippen LogP contribution in [0.2, 0.25) is 0 Å². The molecule has 1 aliphatic carbocycles. The molecule has 0 unspecified atom stereocenters. The van der Waals surface area contributed by atoms with Crippen molar-refractivity contribution in [3.63, 3.8) is 0 Å². The first-order valence-corrected chi connectivity index (χ1v) is 11.8. The van der Waals surface area contributed by atoms with E-state index in [-0.39, 0.29) is 11.7 Å². The predicted molar refractivity (Wildman–Crippen MR) is 128 cm³/mol. The molecule has 178 valence electrons. The molecule has 35 heavy (non-hydrogen) atoms. The van der Waals surface area contributed by atoms with Gasteiger partial charge in [-0.3, -0.25) is 4.79 Å². The molecule has 9 heteroatoms. The molecule has 0 spiro atoms. The third-order valence-corrected chi connectivity index (χ3v) is 6.65. The molecule has 1 aliphatic heterocycles. The molecular weight excluding hydrogens is 450 g/mol. The summed E-state index contributed by atoms with van der Waals surface area (Å²) in [5.74, 6) is 1.07. The van der Waals surface area contributed by atoms with Gasteiger partial charge in [0.25, 0.3) is 5.91 Å². The summed E-state index contributed by atoms with van der Waals surface area (Å²) in [6.07, 6.45) is 2.12. The number of halogens is 2. The molecule has 7 nitrogen and oxygen atoms in total. The standard InChI is InChI=1S/C26H24F2N6O/c1-16-22-24(32-11-13-33(14-12-32)26(35)18-3-2-4-20(28)15-18)29-23(17-5-6-17)30-25(22)34(31-16)21-9-7-19(27)8-10-21/h2-4,7-10,15,17H,5-6,11-14H2,1H3. The fourth-order valence-corrected chi connectivity index (χ4v) is 4.62. The van der Waals surface area contributed by atoms with Crippen molar-refractivity contribution in [3.8, 4) is 5.69 Å². The number of aromatic nitrogens is 4. The minimum absolute atomic E-state index is 0.170. The Morgan fingerprint density at radius 2 is 1.69 bits per heavy atom. The van der Waals surface area contributed by atoms with E-state index >= 15 is 0 Å². The Labute approximate surface area is 201 Å². The number of rotatable bonds is 4. The lowest BCUT2D eigenvalue weighted by atomic mass is 10.1. The van der Waals surface area contributed by atoms with E-state index in [2.05, 4.69) is 4.90 Å². The fourth-order valence-electron chi connectivity index (χ4n) is 4.62. The number of nitrogens with zero attached hydrogens (tertiary/aromatic N) is 6. The number of piperazine rings is 1. The SMILES string of the molecule is Cc1nn(-c2ccc(F)cc2)c2nc(C3CC3)nc(N3CCN(C(=O)c4cccc(F)c4)CC3)c12. The molecule has 2 fully saturated rings. The van der Waals surface area contributed by atoms with Crippen LogP contribution in [0.15, 0.2) is 48.5 Å². The van der Waals surface area contributed by atoms with Gasteiger partial charge in [-0.25, -0.2) is 23.4 Å². The molecule has 4 aromatic rings. The minimum atomic E-state index is -0.417. The van der Waals surface area contributed by atoms with Crippen LogP contribution in [0.4, 0.5) is 14.6 Å². The number of aryl methyl sites for hydroxylation is 1. The molecule has 1 saturated carbocycles. The van der Waals surface area contributed by atoms with Gasteiger partial charge in [-0.2, -0.15) is 5.10 Å². The normalized spacial score (nSPS) is 16.2. The second kappa shape index (κ2) is 8.41.